The summed E-state index contributed by atoms with van der Waals surface area (Å²) in [5, 5.41) is 3.16. The summed E-state index contributed by atoms with van der Waals surface area (Å²) >= 11 is 1.65. The molecule has 86 valence electrons. The molecular formula is C11H13NO2S2. The van der Waals surface area contributed by atoms with Crippen LogP contribution in [0.15, 0.2) is 29.6 Å². The van der Waals surface area contributed by atoms with Gasteiger partial charge in [0.05, 0.1) is 6.26 Å². The molecule has 2 rings (SSSR count). The predicted octanol–water partition coefficient (Wildman–Crippen LogP) is 2.29. The standard InChI is InChI=1S/C11H13NO2S2/c1-12(16(2,13)14)7-9-8-15-11-6-4-3-5-10(9)11/h3-6,8H,7H2,1-2H3. The van der Waals surface area contributed by atoms with Crippen molar-refractivity contribution in [2.75, 3.05) is 13.3 Å². The van der Waals surface area contributed by atoms with E-state index >= 15 is 0 Å². The smallest absolute Gasteiger partial charge is 0.211 e. The van der Waals surface area contributed by atoms with E-state index in [1.54, 1.807) is 18.4 Å². The van der Waals surface area contributed by atoms with Gasteiger partial charge in [0.15, 0.2) is 0 Å². The molecule has 0 fully saturated rings. The summed E-state index contributed by atoms with van der Waals surface area (Å²) in [6.07, 6.45) is 1.22. The number of nitrogens with zero attached hydrogens (tertiary/aromatic N) is 1. The highest BCUT2D eigenvalue weighted by molar-refractivity contribution is 7.88. The molecule has 3 nitrogen and oxygen atoms in total. The summed E-state index contributed by atoms with van der Waals surface area (Å²) < 4.78 is 25.2. The molecule has 1 aromatic carbocycles. The summed E-state index contributed by atoms with van der Waals surface area (Å²) in [5.74, 6) is 0. The molecule has 0 unspecified atom stereocenters. The molecule has 1 aromatic heterocycles. The highest BCUT2D eigenvalue weighted by atomic mass is 32.2. The molecule has 2 aromatic rings. The molecular weight excluding hydrogens is 242 g/mol. The number of thiophene rings is 1. The van der Waals surface area contributed by atoms with E-state index in [4.69, 9.17) is 0 Å². The van der Waals surface area contributed by atoms with E-state index in [-0.39, 0.29) is 0 Å². The Kier molecular flexibility index (Phi) is 3.01. The molecule has 0 atom stereocenters. The molecule has 0 aliphatic heterocycles. The van der Waals surface area contributed by atoms with Crippen LogP contribution in [0.3, 0.4) is 0 Å². The number of hydrogen-bond donors (Lipinski definition) is 0. The molecule has 0 spiro atoms. The second-order valence-corrected chi connectivity index (χ2v) is 6.78. The fraction of sp³-hybridized carbons (Fsp3) is 0.273. The summed E-state index contributed by atoms with van der Waals surface area (Å²) in [4.78, 5) is 0. The van der Waals surface area contributed by atoms with Crippen molar-refractivity contribution < 1.29 is 8.42 Å². The van der Waals surface area contributed by atoms with Gasteiger partial charge in [-0.1, -0.05) is 18.2 Å². The first-order valence-electron chi connectivity index (χ1n) is 4.85. The highest BCUT2D eigenvalue weighted by Crippen LogP contribution is 2.26. The Hall–Kier alpha value is -0.910. The zero-order valence-electron chi connectivity index (χ0n) is 9.17. The summed E-state index contributed by atoms with van der Waals surface area (Å²) in [6.45, 7) is 0.433. The van der Waals surface area contributed by atoms with E-state index in [1.807, 2.05) is 29.6 Å². The second-order valence-electron chi connectivity index (χ2n) is 3.78. The van der Waals surface area contributed by atoms with E-state index in [0.29, 0.717) is 6.54 Å². The molecule has 16 heavy (non-hydrogen) atoms. The van der Waals surface area contributed by atoms with E-state index in [0.717, 1.165) is 10.9 Å². The molecule has 0 N–H and O–H groups in total. The van der Waals surface area contributed by atoms with E-state index in [2.05, 4.69) is 0 Å². The van der Waals surface area contributed by atoms with Gasteiger partial charge in [0.2, 0.25) is 10.0 Å². The van der Waals surface area contributed by atoms with Crippen LogP contribution in [-0.4, -0.2) is 26.0 Å². The monoisotopic (exact) mass is 255 g/mol. The van der Waals surface area contributed by atoms with Crippen LogP contribution in [0.1, 0.15) is 5.56 Å². The maximum atomic E-state index is 11.3. The number of hydrogen-bond acceptors (Lipinski definition) is 3. The minimum Gasteiger partial charge on any atom is -0.213 e. The molecule has 0 saturated carbocycles. The van der Waals surface area contributed by atoms with Crippen molar-refractivity contribution in [1.29, 1.82) is 0 Å². The largest absolute Gasteiger partial charge is 0.213 e. The Balaban J connectivity index is 2.35. The normalized spacial score (nSPS) is 12.4. The van der Waals surface area contributed by atoms with Crippen LogP contribution >= 0.6 is 11.3 Å². The van der Waals surface area contributed by atoms with Crippen molar-refractivity contribution in [1.82, 2.24) is 4.31 Å². The minimum absolute atomic E-state index is 0.433. The Bertz CT molecular complexity index is 601. The fourth-order valence-corrected chi connectivity index (χ4v) is 2.84. The molecule has 0 radical (unpaired) electrons. The van der Waals surface area contributed by atoms with Crippen LogP contribution in [0.2, 0.25) is 0 Å². The van der Waals surface area contributed by atoms with Gasteiger partial charge in [-0.2, -0.15) is 0 Å². The lowest BCUT2D eigenvalue weighted by Gasteiger charge is -2.13. The van der Waals surface area contributed by atoms with Crippen LogP contribution in [0.5, 0.6) is 0 Å². The van der Waals surface area contributed by atoms with Crippen molar-refractivity contribution in [2.45, 2.75) is 6.54 Å². The predicted molar refractivity (Wildman–Crippen MR) is 68.1 cm³/mol. The number of fused-ring (bicyclic) bond motifs is 1. The molecule has 0 aliphatic carbocycles. The average molecular weight is 255 g/mol. The summed E-state index contributed by atoms with van der Waals surface area (Å²) in [7, 11) is -1.51. The Morgan fingerprint density at radius 3 is 2.69 bits per heavy atom. The maximum absolute atomic E-state index is 11.3. The van der Waals surface area contributed by atoms with Crippen LogP contribution in [0, 0.1) is 0 Å². The van der Waals surface area contributed by atoms with E-state index in [1.165, 1.54) is 15.3 Å². The third-order valence-electron chi connectivity index (χ3n) is 2.52. The SMILES string of the molecule is CN(Cc1csc2ccccc12)S(C)(=O)=O. The van der Waals surface area contributed by atoms with Crippen molar-refractivity contribution in [2.24, 2.45) is 0 Å². The van der Waals surface area contributed by atoms with E-state index < -0.39 is 10.0 Å². The van der Waals surface area contributed by atoms with Gasteiger partial charge in [0.1, 0.15) is 0 Å². The van der Waals surface area contributed by atoms with Gasteiger partial charge in [-0.15, -0.1) is 11.3 Å². The lowest BCUT2D eigenvalue weighted by molar-refractivity contribution is 0.474. The number of sulfonamides is 1. The minimum atomic E-state index is -3.11. The number of benzene rings is 1. The summed E-state index contributed by atoms with van der Waals surface area (Å²) in [6, 6.07) is 8.03. The number of rotatable bonds is 3. The van der Waals surface area contributed by atoms with Gasteiger partial charge >= 0.3 is 0 Å². The van der Waals surface area contributed by atoms with Crippen LogP contribution in [-0.2, 0) is 16.6 Å². The second kappa shape index (κ2) is 4.16. The van der Waals surface area contributed by atoms with Gasteiger partial charge in [0, 0.05) is 18.3 Å². The Morgan fingerprint density at radius 2 is 2.00 bits per heavy atom. The first-order valence-corrected chi connectivity index (χ1v) is 7.57. The molecule has 0 amide bonds. The van der Waals surface area contributed by atoms with Crippen LogP contribution in [0.4, 0.5) is 0 Å². The van der Waals surface area contributed by atoms with Gasteiger partial charge in [-0.3, -0.25) is 0 Å². The Morgan fingerprint density at radius 1 is 1.31 bits per heavy atom. The van der Waals surface area contributed by atoms with Gasteiger partial charge < -0.3 is 0 Å². The molecule has 0 saturated heterocycles. The quantitative estimate of drug-likeness (QED) is 0.844. The molecule has 0 aliphatic rings. The molecule has 1 heterocycles. The molecule has 5 heteroatoms. The highest BCUT2D eigenvalue weighted by Gasteiger charge is 2.13. The first-order chi connectivity index (χ1) is 7.48. The lowest BCUT2D eigenvalue weighted by Crippen LogP contribution is -2.24. The van der Waals surface area contributed by atoms with Crippen molar-refractivity contribution in [3.63, 3.8) is 0 Å². The zero-order valence-corrected chi connectivity index (χ0v) is 10.8. The van der Waals surface area contributed by atoms with E-state index in [9.17, 15) is 8.42 Å². The third-order valence-corrected chi connectivity index (χ3v) is 4.79. The lowest BCUT2D eigenvalue weighted by atomic mass is 10.2. The first kappa shape index (κ1) is 11.6. The van der Waals surface area contributed by atoms with Crippen molar-refractivity contribution in [3.8, 4) is 0 Å². The zero-order chi connectivity index (χ0) is 11.8. The topological polar surface area (TPSA) is 37.4 Å². The van der Waals surface area contributed by atoms with Crippen molar-refractivity contribution >= 4 is 31.4 Å². The third kappa shape index (κ3) is 2.26. The molecule has 0 bridgehead atoms. The van der Waals surface area contributed by atoms with Crippen LogP contribution in [0.25, 0.3) is 10.1 Å². The fourth-order valence-electron chi connectivity index (χ4n) is 1.51. The summed E-state index contributed by atoms with van der Waals surface area (Å²) in [5.41, 5.74) is 1.06. The van der Waals surface area contributed by atoms with Gasteiger partial charge in [-0.05, 0) is 22.4 Å². The average Bonchev–Trinajstić information content (AvgIpc) is 2.61. The van der Waals surface area contributed by atoms with Gasteiger partial charge in [0.25, 0.3) is 0 Å². The van der Waals surface area contributed by atoms with Gasteiger partial charge in [-0.25, -0.2) is 12.7 Å². The Labute approximate surface area is 99.4 Å². The van der Waals surface area contributed by atoms with Crippen molar-refractivity contribution in [3.05, 3.63) is 35.2 Å². The maximum Gasteiger partial charge on any atom is 0.211 e. The van der Waals surface area contributed by atoms with Crippen LogP contribution < -0.4 is 0 Å².